The van der Waals surface area contributed by atoms with Crippen molar-refractivity contribution in [3.8, 4) is 0 Å². The topological polar surface area (TPSA) is 0 Å². The minimum atomic E-state index is 1.12. The molecule has 0 fully saturated rings. The van der Waals surface area contributed by atoms with Gasteiger partial charge in [0, 0.05) is 0 Å². The summed E-state index contributed by atoms with van der Waals surface area (Å²) in [7, 11) is 0. The van der Waals surface area contributed by atoms with Crippen LogP contribution in [0.2, 0.25) is 0 Å². The summed E-state index contributed by atoms with van der Waals surface area (Å²) < 4.78 is 0. The molecule has 0 N–H and O–H groups in total. The summed E-state index contributed by atoms with van der Waals surface area (Å²) in [6.45, 7) is 12.3. The number of hydrogen-bond acceptors (Lipinski definition) is 0. The van der Waals surface area contributed by atoms with E-state index < -0.39 is 0 Å². The van der Waals surface area contributed by atoms with E-state index in [0.717, 1.165) is 12.8 Å². The van der Waals surface area contributed by atoms with Gasteiger partial charge >= 0.3 is 0 Å². The zero-order valence-corrected chi connectivity index (χ0v) is 24.6. The van der Waals surface area contributed by atoms with Crippen LogP contribution in [-0.4, -0.2) is 0 Å². The van der Waals surface area contributed by atoms with E-state index in [1.807, 2.05) is 0 Å². The fourth-order valence-corrected chi connectivity index (χ4v) is 4.74. The summed E-state index contributed by atoms with van der Waals surface area (Å²) in [5, 5.41) is 0. The molecule has 0 atom stereocenters. The molecule has 0 spiro atoms. The fraction of sp³-hybridized carbons (Fsp3) is 0.941. The largest absolute Gasteiger partial charge is 0.0654 e. The van der Waals surface area contributed by atoms with Crippen molar-refractivity contribution in [3.05, 3.63) is 13.8 Å². The van der Waals surface area contributed by atoms with E-state index in [0.29, 0.717) is 0 Å². The Morgan fingerprint density at radius 1 is 0.235 bits per heavy atom. The van der Waals surface area contributed by atoms with Crippen LogP contribution >= 0.6 is 0 Å². The molecule has 34 heavy (non-hydrogen) atoms. The molecule has 2 radical (unpaired) electrons. The van der Waals surface area contributed by atoms with Gasteiger partial charge in [0.05, 0.1) is 0 Å². The highest BCUT2D eigenvalue weighted by Crippen LogP contribution is 2.14. The average Bonchev–Trinajstić information content (AvgIpc) is 2.85. The lowest BCUT2D eigenvalue weighted by atomic mass is 10.0. The molecule has 0 unspecified atom stereocenters. The standard InChI is InChI=1S/C18H37.C16H33/c1-3-5-7-9-11-13-15-17-18-16-14-12-10-8-6-4-2;1-3-5-7-9-11-13-15-16-14-12-10-8-6-4-2/h1,3-18H2,2H3;1,3-16H2,2H3. The molecule has 0 aliphatic carbocycles. The van der Waals surface area contributed by atoms with Gasteiger partial charge in [-0.3, -0.25) is 0 Å². The van der Waals surface area contributed by atoms with Crippen molar-refractivity contribution < 1.29 is 0 Å². The van der Waals surface area contributed by atoms with Gasteiger partial charge in [0.1, 0.15) is 0 Å². The van der Waals surface area contributed by atoms with E-state index in [9.17, 15) is 0 Å². The SMILES string of the molecule is [CH2]CCCCCCCCCCCCCCC.[CH2]CCCCCCCCCCCCCCCCC. The van der Waals surface area contributed by atoms with Crippen molar-refractivity contribution in [1.82, 2.24) is 0 Å². The number of unbranched alkanes of at least 4 members (excludes halogenated alkanes) is 28. The molecular weight excluding hydrogens is 408 g/mol. The quantitative estimate of drug-likeness (QED) is 0.0980. The van der Waals surface area contributed by atoms with E-state index in [4.69, 9.17) is 0 Å². The third kappa shape index (κ3) is 39.2. The Bertz CT molecular complexity index is 264. The van der Waals surface area contributed by atoms with Gasteiger partial charge < -0.3 is 0 Å². The monoisotopic (exact) mass is 479 g/mol. The Balaban J connectivity index is 0. The number of rotatable bonds is 28. The molecule has 0 aromatic heterocycles. The minimum Gasteiger partial charge on any atom is -0.0654 e. The summed E-state index contributed by atoms with van der Waals surface area (Å²) >= 11 is 0. The van der Waals surface area contributed by atoms with Crippen LogP contribution in [0.4, 0.5) is 0 Å². The maximum absolute atomic E-state index is 3.88. The van der Waals surface area contributed by atoms with Gasteiger partial charge in [-0.05, 0) is 0 Å². The lowest BCUT2D eigenvalue weighted by Crippen LogP contribution is -1.83. The Labute approximate surface area is 220 Å². The van der Waals surface area contributed by atoms with E-state index >= 15 is 0 Å². The van der Waals surface area contributed by atoms with Crippen molar-refractivity contribution in [1.29, 1.82) is 0 Å². The normalized spacial score (nSPS) is 10.9. The molecule has 0 saturated heterocycles. The predicted molar refractivity (Wildman–Crippen MR) is 161 cm³/mol. The molecule has 0 rings (SSSR count). The van der Waals surface area contributed by atoms with Crippen LogP contribution in [0.25, 0.3) is 0 Å². The van der Waals surface area contributed by atoms with E-state index in [2.05, 4.69) is 27.7 Å². The van der Waals surface area contributed by atoms with Gasteiger partial charge in [-0.15, -0.1) is 0 Å². The van der Waals surface area contributed by atoms with Gasteiger partial charge in [0.25, 0.3) is 0 Å². The molecule has 0 aliphatic heterocycles. The van der Waals surface area contributed by atoms with Crippen LogP contribution in [-0.2, 0) is 0 Å². The van der Waals surface area contributed by atoms with Crippen LogP contribution in [0, 0.1) is 13.8 Å². The first-order valence-corrected chi connectivity index (χ1v) is 16.4. The molecule has 0 heteroatoms. The summed E-state index contributed by atoms with van der Waals surface area (Å²) in [4.78, 5) is 0. The maximum atomic E-state index is 3.88. The van der Waals surface area contributed by atoms with Gasteiger partial charge in [-0.2, -0.15) is 0 Å². The summed E-state index contributed by atoms with van der Waals surface area (Å²) in [6.07, 6.45) is 42.7. The molecule has 0 bridgehead atoms. The van der Waals surface area contributed by atoms with E-state index in [1.165, 1.54) is 180 Å². The lowest BCUT2D eigenvalue weighted by molar-refractivity contribution is 0.533. The fourth-order valence-electron chi connectivity index (χ4n) is 4.74. The lowest BCUT2D eigenvalue weighted by Gasteiger charge is -2.03. The third-order valence-corrected chi connectivity index (χ3v) is 7.21. The second-order valence-corrected chi connectivity index (χ2v) is 10.9. The molecule has 0 heterocycles. The highest BCUT2D eigenvalue weighted by Gasteiger charge is 1.94. The van der Waals surface area contributed by atoms with Crippen molar-refractivity contribution in [3.63, 3.8) is 0 Å². The van der Waals surface area contributed by atoms with Gasteiger partial charge in [-0.25, -0.2) is 0 Å². The Morgan fingerprint density at radius 2 is 0.382 bits per heavy atom. The van der Waals surface area contributed by atoms with Crippen LogP contribution in [0.15, 0.2) is 0 Å². The summed E-state index contributed by atoms with van der Waals surface area (Å²) in [5.74, 6) is 0. The van der Waals surface area contributed by atoms with Crippen LogP contribution in [0.1, 0.15) is 206 Å². The zero-order valence-electron chi connectivity index (χ0n) is 24.6. The maximum Gasteiger partial charge on any atom is -0.0533 e. The summed E-state index contributed by atoms with van der Waals surface area (Å²) in [5.41, 5.74) is 0. The molecule has 0 aromatic carbocycles. The Kier molecular flexibility index (Phi) is 39.9. The molecular formula is C34H70. The molecule has 0 aromatic rings. The minimum absolute atomic E-state index is 1.12. The second-order valence-electron chi connectivity index (χ2n) is 10.9. The molecule has 0 aliphatic rings. The average molecular weight is 479 g/mol. The Hall–Kier alpha value is 0. The molecule has 0 nitrogen and oxygen atoms in total. The highest BCUT2D eigenvalue weighted by atomic mass is 14.0. The van der Waals surface area contributed by atoms with Gasteiger partial charge in [0.15, 0.2) is 0 Å². The van der Waals surface area contributed by atoms with Gasteiger partial charge in [0.2, 0.25) is 0 Å². The zero-order chi connectivity index (χ0) is 25.2. The van der Waals surface area contributed by atoms with Gasteiger partial charge in [-0.1, -0.05) is 220 Å². The van der Waals surface area contributed by atoms with Crippen LogP contribution in [0.3, 0.4) is 0 Å². The molecule has 0 saturated carbocycles. The third-order valence-electron chi connectivity index (χ3n) is 7.21. The van der Waals surface area contributed by atoms with Crippen molar-refractivity contribution in [2.24, 2.45) is 0 Å². The smallest absolute Gasteiger partial charge is 0.0533 e. The molecule has 0 amide bonds. The van der Waals surface area contributed by atoms with Crippen LogP contribution < -0.4 is 0 Å². The van der Waals surface area contributed by atoms with Crippen LogP contribution in [0.5, 0.6) is 0 Å². The van der Waals surface area contributed by atoms with Crippen molar-refractivity contribution in [2.45, 2.75) is 206 Å². The highest BCUT2D eigenvalue weighted by molar-refractivity contribution is 4.51. The van der Waals surface area contributed by atoms with E-state index in [-0.39, 0.29) is 0 Å². The molecule has 206 valence electrons. The number of hydrogen-bond donors (Lipinski definition) is 0. The second kappa shape index (κ2) is 37.5. The first kappa shape index (κ1) is 36.2. The van der Waals surface area contributed by atoms with E-state index in [1.54, 1.807) is 0 Å². The first-order chi connectivity index (χ1) is 16.8. The van der Waals surface area contributed by atoms with Crippen molar-refractivity contribution in [2.75, 3.05) is 0 Å². The Morgan fingerprint density at radius 3 is 0.529 bits per heavy atom. The first-order valence-electron chi connectivity index (χ1n) is 16.4. The summed E-state index contributed by atoms with van der Waals surface area (Å²) in [6, 6.07) is 0. The predicted octanol–water partition coefficient (Wildman–Crippen LogP) is 13.4. The van der Waals surface area contributed by atoms with Crippen molar-refractivity contribution >= 4 is 0 Å².